The summed E-state index contributed by atoms with van der Waals surface area (Å²) in [6, 6.07) is 11.7. The highest BCUT2D eigenvalue weighted by Gasteiger charge is 2.17. The molecule has 26 heavy (non-hydrogen) atoms. The summed E-state index contributed by atoms with van der Waals surface area (Å²) in [5.41, 5.74) is 1.49. The Balaban J connectivity index is 2.00. The Bertz CT molecular complexity index is 797. The molecule has 1 amide bonds. The Hall–Kier alpha value is -1.96. The number of nitrogens with zero attached hydrogens (tertiary/aromatic N) is 1. The molecule has 6 nitrogen and oxygen atoms in total. The first-order chi connectivity index (χ1) is 12.3. The van der Waals surface area contributed by atoms with Gasteiger partial charge in [0.25, 0.3) is 5.69 Å². The van der Waals surface area contributed by atoms with Gasteiger partial charge in [0.1, 0.15) is 0 Å². The SMILES string of the molecule is CC(C)[C@H](NCC(=O)Nc1ccc([N+](=O)[O-])cc1Br)c1ccc(Cl)cc1. The highest BCUT2D eigenvalue weighted by atomic mass is 79.9. The molecule has 2 aromatic rings. The van der Waals surface area contributed by atoms with Crippen molar-refractivity contribution < 1.29 is 9.72 Å². The molecule has 0 fully saturated rings. The van der Waals surface area contributed by atoms with Crippen LogP contribution in [0.1, 0.15) is 25.5 Å². The third kappa shape index (κ3) is 5.52. The third-order valence-electron chi connectivity index (χ3n) is 3.82. The molecule has 138 valence electrons. The molecule has 2 N–H and O–H groups in total. The molecule has 0 aromatic heterocycles. The second-order valence-electron chi connectivity index (χ2n) is 6.12. The highest BCUT2D eigenvalue weighted by Crippen LogP contribution is 2.27. The highest BCUT2D eigenvalue weighted by molar-refractivity contribution is 9.10. The number of hydrogen-bond acceptors (Lipinski definition) is 4. The number of benzene rings is 2. The van der Waals surface area contributed by atoms with Gasteiger partial charge in [-0.2, -0.15) is 0 Å². The summed E-state index contributed by atoms with van der Waals surface area (Å²) in [5.74, 6) is 0.0363. The number of carbonyl (C=O) groups is 1. The summed E-state index contributed by atoms with van der Waals surface area (Å²) in [6.07, 6.45) is 0. The lowest BCUT2D eigenvalue weighted by Gasteiger charge is -2.23. The molecule has 0 radical (unpaired) electrons. The number of hydrogen-bond donors (Lipinski definition) is 2. The predicted octanol–water partition coefficient (Wildman–Crippen LogP) is 4.94. The van der Waals surface area contributed by atoms with Crippen LogP contribution in [0.3, 0.4) is 0 Å². The fourth-order valence-electron chi connectivity index (χ4n) is 2.52. The van der Waals surface area contributed by atoms with Gasteiger partial charge in [0.05, 0.1) is 17.2 Å². The maximum Gasteiger partial charge on any atom is 0.270 e. The number of nitro groups is 1. The molecule has 0 bridgehead atoms. The van der Waals surface area contributed by atoms with Gasteiger partial charge in [-0.15, -0.1) is 0 Å². The Kier molecular flexibility index (Phi) is 7.14. The van der Waals surface area contributed by atoms with Crippen molar-refractivity contribution in [2.45, 2.75) is 19.9 Å². The molecule has 0 unspecified atom stereocenters. The average molecular weight is 441 g/mol. The average Bonchev–Trinajstić information content (AvgIpc) is 2.58. The van der Waals surface area contributed by atoms with E-state index in [9.17, 15) is 14.9 Å². The van der Waals surface area contributed by atoms with Crippen LogP contribution in [0.25, 0.3) is 0 Å². The molecule has 2 rings (SSSR count). The van der Waals surface area contributed by atoms with Crippen LogP contribution in [0.15, 0.2) is 46.9 Å². The van der Waals surface area contributed by atoms with E-state index in [-0.39, 0.29) is 30.1 Å². The van der Waals surface area contributed by atoms with Crippen LogP contribution in [-0.4, -0.2) is 17.4 Å². The van der Waals surface area contributed by atoms with E-state index in [1.807, 2.05) is 24.3 Å². The third-order valence-corrected chi connectivity index (χ3v) is 4.72. The number of amides is 1. The van der Waals surface area contributed by atoms with E-state index in [1.54, 1.807) is 0 Å². The summed E-state index contributed by atoms with van der Waals surface area (Å²) < 4.78 is 0.457. The van der Waals surface area contributed by atoms with Crippen molar-refractivity contribution in [2.24, 2.45) is 5.92 Å². The van der Waals surface area contributed by atoms with Crippen molar-refractivity contribution in [1.29, 1.82) is 0 Å². The first-order valence-electron chi connectivity index (χ1n) is 8.00. The van der Waals surface area contributed by atoms with E-state index in [1.165, 1.54) is 18.2 Å². The molecular formula is C18H19BrClN3O3. The maximum absolute atomic E-state index is 12.2. The Labute approximate surface area is 165 Å². The van der Waals surface area contributed by atoms with Crippen molar-refractivity contribution in [3.63, 3.8) is 0 Å². The number of nitro benzene ring substituents is 1. The number of carbonyl (C=O) groups excluding carboxylic acids is 1. The topological polar surface area (TPSA) is 84.3 Å². The molecule has 2 aromatic carbocycles. The predicted molar refractivity (Wildman–Crippen MR) is 106 cm³/mol. The van der Waals surface area contributed by atoms with Crippen LogP contribution < -0.4 is 10.6 Å². The van der Waals surface area contributed by atoms with Gasteiger partial charge >= 0.3 is 0 Å². The van der Waals surface area contributed by atoms with Crippen molar-refractivity contribution in [1.82, 2.24) is 5.32 Å². The first kappa shape index (κ1) is 20.4. The number of non-ortho nitro benzene ring substituents is 1. The quantitative estimate of drug-likeness (QED) is 0.472. The number of halogens is 2. The van der Waals surface area contributed by atoms with Gasteiger partial charge in [-0.1, -0.05) is 37.6 Å². The van der Waals surface area contributed by atoms with E-state index in [0.29, 0.717) is 15.2 Å². The standard InChI is InChI=1S/C18H19BrClN3O3/c1-11(2)18(12-3-5-13(20)6-4-12)21-10-17(24)22-16-8-7-14(23(25)26)9-15(16)19/h3-9,11,18,21H,10H2,1-2H3,(H,22,24)/t18-/m0/s1. The minimum absolute atomic E-state index is 0.00156. The van der Waals surface area contributed by atoms with Gasteiger partial charge in [-0.25, -0.2) is 0 Å². The fourth-order valence-corrected chi connectivity index (χ4v) is 3.12. The minimum atomic E-state index is -0.489. The van der Waals surface area contributed by atoms with Crippen LogP contribution in [0.2, 0.25) is 5.02 Å². The lowest BCUT2D eigenvalue weighted by molar-refractivity contribution is -0.384. The van der Waals surface area contributed by atoms with Gasteiger partial charge in [0.15, 0.2) is 0 Å². The Morgan fingerprint density at radius 1 is 1.23 bits per heavy atom. The Morgan fingerprint density at radius 2 is 1.88 bits per heavy atom. The number of anilines is 1. The monoisotopic (exact) mass is 439 g/mol. The zero-order chi connectivity index (χ0) is 19.3. The van der Waals surface area contributed by atoms with Crippen LogP contribution in [0.4, 0.5) is 11.4 Å². The normalized spacial score (nSPS) is 12.0. The molecule has 0 aliphatic rings. The van der Waals surface area contributed by atoms with E-state index in [4.69, 9.17) is 11.6 Å². The molecular weight excluding hydrogens is 422 g/mol. The van der Waals surface area contributed by atoms with Gasteiger partial charge in [-0.3, -0.25) is 14.9 Å². The van der Waals surface area contributed by atoms with Crippen molar-refractivity contribution in [2.75, 3.05) is 11.9 Å². The summed E-state index contributed by atoms with van der Waals surface area (Å²) in [5, 5.41) is 17.4. The largest absolute Gasteiger partial charge is 0.324 e. The van der Waals surface area contributed by atoms with E-state index in [0.717, 1.165) is 5.56 Å². The smallest absolute Gasteiger partial charge is 0.270 e. The summed E-state index contributed by atoms with van der Waals surface area (Å²) >= 11 is 9.17. The van der Waals surface area contributed by atoms with Crippen LogP contribution in [-0.2, 0) is 4.79 Å². The number of rotatable bonds is 7. The van der Waals surface area contributed by atoms with Crippen LogP contribution in [0.5, 0.6) is 0 Å². The van der Waals surface area contributed by atoms with Gasteiger partial charge < -0.3 is 10.6 Å². The summed E-state index contributed by atoms with van der Waals surface area (Å²) in [6.45, 7) is 4.24. The van der Waals surface area contributed by atoms with E-state index < -0.39 is 4.92 Å². The van der Waals surface area contributed by atoms with Crippen molar-refractivity contribution in [3.8, 4) is 0 Å². The second kappa shape index (κ2) is 9.12. The van der Waals surface area contributed by atoms with E-state index >= 15 is 0 Å². The molecule has 0 saturated carbocycles. The fraction of sp³-hybridized carbons (Fsp3) is 0.278. The van der Waals surface area contributed by atoms with Crippen molar-refractivity contribution in [3.05, 3.63) is 67.6 Å². The van der Waals surface area contributed by atoms with Gasteiger partial charge in [-0.05, 0) is 45.6 Å². The molecule has 1 atom stereocenters. The zero-order valence-corrected chi connectivity index (χ0v) is 16.7. The van der Waals surface area contributed by atoms with Crippen LogP contribution in [0, 0.1) is 16.0 Å². The van der Waals surface area contributed by atoms with E-state index in [2.05, 4.69) is 40.4 Å². The molecule has 0 spiro atoms. The van der Waals surface area contributed by atoms with Crippen LogP contribution >= 0.6 is 27.5 Å². The lowest BCUT2D eigenvalue weighted by atomic mass is 9.96. The first-order valence-corrected chi connectivity index (χ1v) is 9.17. The summed E-state index contributed by atoms with van der Waals surface area (Å²) in [4.78, 5) is 22.5. The van der Waals surface area contributed by atoms with Gasteiger partial charge in [0.2, 0.25) is 5.91 Å². The summed E-state index contributed by atoms with van der Waals surface area (Å²) in [7, 11) is 0. The van der Waals surface area contributed by atoms with Crippen molar-refractivity contribution >= 4 is 44.8 Å². The lowest BCUT2D eigenvalue weighted by Crippen LogP contribution is -2.33. The minimum Gasteiger partial charge on any atom is -0.324 e. The van der Waals surface area contributed by atoms with Gasteiger partial charge in [0, 0.05) is 27.7 Å². The zero-order valence-electron chi connectivity index (χ0n) is 14.3. The maximum atomic E-state index is 12.2. The molecule has 0 heterocycles. The number of nitrogens with one attached hydrogen (secondary N) is 2. The molecule has 0 aliphatic heterocycles. The molecule has 0 saturated heterocycles. The second-order valence-corrected chi connectivity index (χ2v) is 7.41. The Morgan fingerprint density at radius 3 is 2.42 bits per heavy atom. The molecule has 0 aliphatic carbocycles. The molecule has 8 heteroatoms.